The molecular weight excluding hydrogens is 136 g/mol. The first kappa shape index (κ1) is 8.76. The molecule has 1 unspecified atom stereocenters. The Morgan fingerprint density at radius 3 is 2.45 bits per heavy atom. The van der Waals surface area contributed by atoms with Gasteiger partial charge in [0.05, 0.1) is 0 Å². The van der Waals surface area contributed by atoms with Crippen molar-refractivity contribution in [3.63, 3.8) is 0 Å². The van der Waals surface area contributed by atoms with Crippen molar-refractivity contribution in [1.29, 1.82) is 0 Å². The third-order valence-electron chi connectivity index (χ3n) is 3.20. The second kappa shape index (κ2) is 3.38. The van der Waals surface area contributed by atoms with E-state index < -0.39 is 0 Å². The van der Waals surface area contributed by atoms with E-state index in [1.54, 1.807) is 6.92 Å². The van der Waals surface area contributed by atoms with Gasteiger partial charge in [-0.3, -0.25) is 4.79 Å². The molecule has 1 saturated carbocycles. The third kappa shape index (κ3) is 1.82. The highest BCUT2D eigenvalue weighted by Gasteiger charge is 2.33. The fraction of sp³-hybridized carbons (Fsp3) is 0.900. The van der Waals surface area contributed by atoms with Crippen LogP contribution >= 0.6 is 0 Å². The van der Waals surface area contributed by atoms with Gasteiger partial charge in [-0.05, 0) is 31.6 Å². The van der Waals surface area contributed by atoms with Gasteiger partial charge >= 0.3 is 0 Å². The minimum atomic E-state index is 0.317. The van der Waals surface area contributed by atoms with Gasteiger partial charge in [0.15, 0.2) is 0 Å². The molecule has 1 aliphatic carbocycles. The highest BCUT2D eigenvalue weighted by atomic mass is 16.1. The second-order valence-electron chi connectivity index (χ2n) is 3.91. The standard InChI is InChI=1S/C10H18O/c1-4-9-5-10(6-9)7(2)8(3)11/h7,9-10H,4-6H2,1-3H3. The summed E-state index contributed by atoms with van der Waals surface area (Å²) in [7, 11) is 0. The van der Waals surface area contributed by atoms with Gasteiger partial charge in [-0.2, -0.15) is 0 Å². The zero-order chi connectivity index (χ0) is 8.43. The SMILES string of the molecule is CCC1CC(C(C)C(C)=O)C1. The number of hydrogen-bond donors (Lipinski definition) is 0. The molecule has 1 rings (SSSR count). The van der Waals surface area contributed by atoms with Gasteiger partial charge < -0.3 is 0 Å². The number of hydrogen-bond acceptors (Lipinski definition) is 1. The van der Waals surface area contributed by atoms with Gasteiger partial charge in [0.25, 0.3) is 0 Å². The van der Waals surface area contributed by atoms with Crippen molar-refractivity contribution < 1.29 is 4.79 Å². The molecule has 0 saturated heterocycles. The van der Waals surface area contributed by atoms with E-state index in [1.165, 1.54) is 19.3 Å². The summed E-state index contributed by atoms with van der Waals surface area (Å²) < 4.78 is 0. The smallest absolute Gasteiger partial charge is 0.132 e. The van der Waals surface area contributed by atoms with Crippen molar-refractivity contribution in [1.82, 2.24) is 0 Å². The highest BCUT2D eigenvalue weighted by Crippen LogP contribution is 2.40. The third-order valence-corrected chi connectivity index (χ3v) is 3.20. The first-order chi connectivity index (χ1) is 5.15. The quantitative estimate of drug-likeness (QED) is 0.610. The van der Waals surface area contributed by atoms with Crippen molar-refractivity contribution in [3.05, 3.63) is 0 Å². The summed E-state index contributed by atoms with van der Waals surface area (Å²) >= 11 is 0. The van der Waals surface area contributed by atoms with Crippen LogP contribution in [0.25, 0.3) is 0 Å². The molecule has 64 valence electrons. The maximum absolute atomic E-state index is 11.0. The Morgan fingerprint density at radius 1 is 1.55 bits per heavy atom. The van der Waals surface area contributed by atoms with Crippen LogP contribution in [0.3, 0.4) is 0 Å². The number of Topliss-reactive ketones (excluding diaryl/α,β-unsaturated/α-hetero) is 1. The maximum atomic E-state index is 11.0. The van der Waals surface area contributed by atoms with Crippen molar-refractivity contribution in [2.24, 2.45) is 17.8 Å². The molecule has 0 radical (unpaired) electrons. The first-order valence-electron chi connectivity index (χ1n) is 4.65. The molecule has 0 aromatic carbocycles. The Balaban J connectivity index is 2.26. The average molecular weight is 154 g/mol. The second-order valence-corrected chi connectivity index (χ2v) is 3.91. The number of carbonyl (C=O) groups is 1. The van der Waals surface area contributed by atoms with E-state index in [0.717, 1.165) is 5.92 Å². The van der Waals surface area contributed by atoms with Crippen molar-refractivity contribution in [2.75, 3.05) is 0 Å². The van der Waals surface area contributed by atoms with Crippen LogP contribution in [0.2, 0.25) is 0 Å². The van der Waals surface area contributed by atoms with Crippen molar-refractivity contribution in [2.45, 2.75) is 40.0 Å². The first-order valence-corrected chi connectivity index (χ1v) is 4.65. The number of rotatable bonds is 3. The van der Waals surface area contributed by atoms with Crippen molar-refractivity contribution >= 4 is 5.78 Å². The van der Waals surface area contributed by atoms with Crippen LogP contribution < -0.4 is 0 Å². The van der Waals surface area contributed by atoms with E-state index in [-0.39, 0.29) is 0 Å². The molecular formula is C10H18O. The molecule has 1 nitrogen and oxygen atoms in total. The van der Waals surface area contributed by atoms with E-state index in [1.807, 2.05) is 0 Å². The monoisotopic (exact) mass is 154 g/mol. The van der Waals surface area contributed by atoms with E-state index in [4.69, 9.17) is 0 Å². The van der Waals surface area contributed by atoms with Crippen LogP contribution in [0, 0.1) is 17.8 Å². The topological polar surface area (TPSA) is 17.1 Å². The zero-order valence-corrected chi connectivity index (χ0v) is 7.76. The lowest BCUT2D eigenvalue weighted by Crippen LogP contribution is -2.31. The summed E-state index contributed by atoms with van der Waals surface area (Å²) in [6, 6.07) is 0. The molecule has 0 heterocycles. The average Bonchev–Trinajstić information content (AvgIpc) is 1.85. The fourth-order valence-electron chi connectivity index (χ4n) is 1.86. The predicted octanol–water partition coefficient (Wildman–Crippen LogP) is 2.65. The molecule has 11 heavy (non-hydrogen) atoms. The van der Waals surface area contributed by atoms with Crippen LogP contribution in [0.5, 0.6) is 0 Å². The Morgan fingerprint density at radius 2 is 2.09 bits per heavy atom. The molecule has 0 spiro atoms. The van der Waals surface area contributed by atoms with Gasteiger partial charge in [-0.25, -0.2) is 0 Å². The Hall–Kier alpha value is -0.330. The fourth-order valence-corrected chi connectivity index (χ4v) is 1.86. The molecule has 1 atom stereocenters. The summed E-state index contributed by atoms with van der Waals surface area (Å²) in [6.07, 6.45) is 3.87. The lowest BCUT2D eigenvalue weighted by Gasteiger charge is -2.37. The van der Waals surface area contributed by atoms with Crippen LogP contribution in [-0.2, 0) is 4.79 Å². The molecule has 0 aliphatic heterocycles. The van der Waals surface area contributed by atoms with Gasteiger partial charge in [0.1, 0.15) is 5.78 Å². The molecule has 0 aromatic rings. The lowest BCUT2D eigenvalue weighted by molar-refractivity contribution is -0.123. The largest absolute Gasteiger partial charge is 0.300 e. The number of carbonyl (C=O) groups excluding carboxylic acids is 1. The van der Waals surface area contributed by atoms with Gasteiger partial charge in [0.2, 0.25) is 0 Å². The molecule has 0 N–H and O–H groups in total. The Labute approximate surface area is 69.2 Å². The molecule has 1 fully saturated rings. The van der Waals surface area contributed by atoms with E-state index >= 15 is 0 Å². The molecule has 0 aromatic heterocycles. The molecule has 0 bridgehead atoms. The normalized spacial score (nSPS) is 32.6. The van der Waals surface area contributed by atoms with Gasteiger partial charge in [-0.1, -0.05) is 20.3 Å². The van der Waals surface area contributed by atoms with Crippen molar-refractivity contribution in [3.8, 4) is 0 Å². The summed E-state index contributed by atoms with van der Waals surface area (Å²) in [5, 5.41) is 0. The van der Waals surface area contributed by atoms with Gasteiger partial charge in [-0.15, -0.1) is 0 Å². The van der Waals surface area contributed by atoms with Gasteiger partial charge in [0, 0.05) is 5.92 Å². The molecule has 1 aliphatic rings. The van der Waals surface area contributed by atoms with Crippen LogP contribution in [0.4, 0.5) is 0 Å². The van der Waals surface area contributed by atoms with E-state index in [2.05, 4.69) is 13.8 Å². The number of ketones is 1. The summed E-state index contributed by atoms with van der Waals surface area (Å²) in [6.45, 7) is 6.02. The minimum Gasteiger partial charge on any atom is -0.300 e. The van der Waals surface area contributed by atoms with Crippen LogP contribution in [0.1, 0.15) is 40.0 Å². The summed E-state index contributed by atoms with van der Waals surface area (Å²) in [5.74, 6) is 2.31. The summed E-state index contributed by atoms with van der Waals surface area (Å²) in [4.78, 5) is 11.0. The summed E-state index contributed by atoms with van der Waals surface area (Å²) in [5.41, 5.74) is 0. The van der Waals surface area contributed by atoms with E-state index in [9.17, 15) is 4.79 Å². The van der Waals surface area contributed by atoms with Crippen LogP contribution in [0.15, 0.2) is 0 Å². The Bertz CT molecular complexity index is 145. The molecule has 0 amide bonds. The highest BCUT2D eigenvalue weighted by molar-refractivity contribution is 5.78. The molecule has 1 heteroatoms. The predicted molar refractivity (Wildman–Crippen MR) is 46.4 cm³/mol. The Kier molecular flexibility index (Phi) is 2.69. The maximum Gasteiger partial charge on any atom is 0.132 e. The lowest BCUT2D eigenvalue weighted by atomic mass is 9.67. The minimum absolute atomic E-state index is 0.317. The zero-order valence-electron chi connectivity index (χ0n) is 7.76. The van der Waals surface area contributed by atoms with Crippen LogP contribution in [-0.4, -0.2) is 5.78 Å². The van der Waals surface area contributed by atoms with E-state index in [0.29, 0.717) is 17.6 Å².